The number of rotatable bonds is 6. The topological polar surface area (TPSA) is 49.3 Å². The SMILES string of the molecule is CC(NC(C)C(O)c1ccc(F)cc1)c1ccc(S(C)=O)cc1. The Morgan fingerprint density at radius 2 is 1.52 bits per heavy atom. The minimum atomic E-state index is -0.986. The standard InChI is InChI=1S/C18H22FNO2S/c1-12(14-6-10-17(11-7-14)23(3)22)20-13(2)18(21)15-4-8-16(19)9-5-15/h4-13,18,20-21H,1-3H3. The smallest absolute Gasteiger partial charge is 0.123 e. The number of benzene rings is 2. The van der Waals surface area contributed by atoms with E-state index in [-0.39, 0.29) is 17.9 Å². The predicted octanol–water partition coefficient (Wildman–Crippen LogP) is 3.34. The lowest BCUT2D eigenvalue weighted by Gasteiger charge is -2.25. The van der Waals surface area contributed by atoms with Gasteiger partial charge in [0, 0.05) is 34.0 Å². The molecule has 4 atom stereocenters. The van der Waals surface area contributed by atoms with Gasteiger partial charge in [-0.2, -0.15) is 0 Å². The molecule has 23 heavy (non-hydrogen) atoms. The normalized spacial score (nSPS) is 16.6. The third-order valence-corrected chi connectivity index (χ3v) is 4.85. The average molecular weight is 335 g/mol. The van der Waals surface area contributed by atoms with Gasteiger partial charge >= 0.3 is 0 Å². The zero-order valence-electron chi connectivity index (χ0n) is 13.5. The summed E-state index contributed by atoms with van der Waals surface area (Å²) in [4.78, 5) is 0.792. The van der Waals surface area contributed by atoms with Crippen molar-refractivity contribution >= 4 is 10.8 Å². The molecule has 5 heteroatoms. The van der Waals surface area contributed by atoms with Gasteiger partial charge in [-0.25, -0.2) is 4.39 Å². The second kappa shape index (κ2) is 7.81. The summed E-state index contributed by atoms with van der Waals surface area (Å²) in [5.41, 5.74) is 1.73. The molecular formula is C18H22FNO2S. The van der Waals surface area contributed by atoms with Gasteiger partial charge in [0.25, 0.3) is 0 Å². The van der Waals surface area contributed by atoms with Crippen LogP contribution in [-0.2, 0) is 10.8 Å². The number of aliphatic hydroxyl groups is 1. The van der Waals surface area contributed by atoms with Crippen molar-refractivity contribution in [3.8, 4) is 0 Å². The van der Waals surface area contributed by atoms with Crippen LogP contribution in [-0.4, -0.2) is 21.6 Å². The maximum Gasteiger partial charge on any atom is 0.123 e. The van der Waals surface area contributed by atoms with Crippen molar-refractivity contribution in [1.82, 2.24) is 5.32 Å². The van der Waals surface area contributed by atoms with E-state index in [1.807, 2.05) is 38.1 Å². The Kier molecular flexibility index (Phi) is 6.04. The summed E-state index contributed by atoms with van der Waals surface area (Å²) in [6.45, 7) is 3.89. The van der Waals surface area contributed by atoms with Crippen molar-refractivity contribution in [2.45, 2.75) is 36.9 Å². The minimum Gasteiger partial charge on any atom is -0.387 e. The molecule has 0 aliphatic carbocycles. The lowest BCUT2D eigenvalue weighted by Crippen LogP contribution is -2.34. The Morgan fingerprint density at radius 1 is 1.00 bits per heavy atom. The molecule has 0 saturated carbocycles. The highest BCUT2D eigenvalue weighted by molar-refractivity contribution is 7.84. The highest BCUT2D eigenvalue weighted by Gasteiger charge is 2.19. The molecule has 0 heterocycles. The highest BCUT2D eigenvalue weighted by atomic mass is 32.2. The van der Waals surface area contributed by atoms with E-state index in [1.165, 1.54) is 12.1 Å². The van der Waals surface area contributed by atoms with Gasteiger partial charge in [0.2, 0.25) is 0 Å². The van der Waals surface area contributed by atoms with Crippen molar-refractivity contribution in [3.05, 3.63) is 65.5 Å². The van der Waals surface area contributed by atoms with Crippen LogP contribution in [0.4, 0.5) is 4.39 Å². The first-order chi connectivity index (χ1) is 10.9. The lowest BCUT2D eigenvalue weighted by molar-refractivity contribution is 0.130. The maximum absolute atomic E-state index is 13.0. The first-order valence-electron chi connectivity index (χ1n) is 7.51. The molecule has 0 spiro atoms. The van der Waals surface area contributed by atoms with E-state index in [1.54, 1.807) is 18.4 Å². The van der Waals surface area contributed by atoms with Crippen LogP contribution >= 0.6 is 0 Å². The summed E-state index contributed by atoms with van der Waals surface area (Å²) >= 11 is 0. The summed E-state index contributed by atoms with van der Waals surface area (Å²) in [7, 11) is -0.986. The fourth-order valence-electron chi connectivity index (χ4n) is 2.48. The molecule has 2 aromatic rings. The highest BCUT2D eigenvalue weighted by Crippen LogP contribution is 2.21. The van der Waals surface area contributed by atoms with Crippen molar-refractivity contribution in [3.63, 3.8) is 0 Å². The summed E-state index contributed by atoms with van der Waals surface area (Å²) in [5.74, 6) is -0.316. The average Bonchev–Trinajstić information content (AvgIpc) is 2.54. The van der Waals surface area contributed by atoms with E-state index in [4.69, 9.17) is 0 Å². The van der Waals surface area contributed by atoms with E-state index < -0.39 is 16.9 Å². The number of aliphatic hydroxyl groups excluding tert-OH is 1. The molecule has 0 aliphatic rings. The molecule has 4 unspecified atom stereocenters. The van der Waals surface area contributed by atoms with Gasteiger partial charge in [0.05, 0.1) is 6.10 Å². The maximum atomic E-state index is 13.0. The molecule has 0 aliphatic heterocycles. The Balaban J connectivity index is 2.02. The van der Waals surface area contributed by atoms with Crippen LogP contribution < -0.4 is 5.32 Å². The van der Waals surface area contributed by atoms with Crippen LogP contribution in [0.15, 0.2) is 53.4 Å². The monoisotopic (exact) mass is 335 g/mol. The second-order valence-electron chi connectivity index (χ2n) is 5.70. The zero-order chi connectivity index (χ0) is 17.0. The molecular weight excluding hydrogens is 313 g/mol. The van der Waals surface area contributed by atoms with Crippen LogP contribution in [0, 0.1) is 5.82 Å². The van der Waals surface area contributed by atoms with E-state index >= 15 is 0 Å². The molecule has 2 aromatic carbocycles. The second-order valence-corrected chi connectivity index (χ2v) is 7.08. The van der Waals surface area contributed by atoms with E-state index in [2.05, 4.69) is 5.32 Å². The fraction of sp³-hybridized carbons (Fsp3) is 0.333. The molecule has 0 amide bonds. The van der Waals surface area contributed by atoms with Crippen LogP contribution in [0.2, 0.25) is 0 Å². The summed E-state index contributed by atoms with van der Waals surface area (Å²) in [5, 5.41) is 13.7. The Bertz CT molecular complexity index is 658. The van der Waals surface area contributed by atoms with Crippen molar-refractivity contribution in [2.75, 3.05) is 6.26 Å². The van der Waals surface area contributed by atoms with Gasteiger partial charge in [-0.15, -0.1) is 0 Å². The van der Waals surface area contributed by atoms with Gasteiger partial charge < -0.3 is 10.4 Å². The van der Waals surface area contributed by atoms with Crippen molar-refractivity contribution in [2.24, 2.45) is 0 Å². The van der Waals surface area contributed by atoms with Gasteiger partial charge in [0.1, 0.15) is 5.82 Å². The van der Waals surface area contributed by atoms with Gasteiger partial charge in [-0.1, -0.05) is 24.3 Å². The number of hydrogen-bond donors (Lipinski definition) is 2. The van der Waals surface area contributed by atoms with E-state index in [9.17, 15) is 13.7 Å². The Labute approximate surface area is 139 Å². The Morgan fingerprint density at radius 3 is 2.04 bits per heavy atom. The fourth-order valence-corrected chi connectivity index (χ4v) is 3.00. The van der Waals surface area contributed by atoms with E-state index in [0.29, 0.717) is 5.56 Å². The number of halogens is 1. The summed E-state index contributed by atoms with van der Waals surface area (Å²) in [6, 6.07) is 13.3. The quantitative estimate of drug-likeness (QED) is 0.851. The molecule has 3 nitrogen and oxygen atoms in total. The molecule has 2 rings (SSSR count). The van der Waals surface area contributed by atoms with Gasteiger partial charge in [-0.05, 0) is 49.2 Å². The first kappa shape index (κ1) is 17.8. The van der Waals surface area contributed by atoms with Crippen LogP contribution in [0.25, 0.3) is 0 Å². The summed E-state index contributed by atoms with van der Waals surface area (Å²) in [6.07, 6.45) is 0.929. The largest absolute Gasteiger partial charge is 0.387 e. The minimum absolute atomic E-state index is 0.0273. The molecule has 0 radical (unpaired) electrons. The van der Waals surface area contributed by atoms with Gasteiger partial charge in [-0.3, -0.25) is 4.21 Å². The van der Waals surface area contributed by atoms with E-state index in [0.717, 1.165) is 10.5 Å². The molecule has 124 valence electrons. The molecule has 0 fully saturated rings. The zero-order valence-corrected chi connectivity index (χ0v) is 14.3. The van der Waals surface area contributed by atoms with Crippen LogP contribution in [0.3, 0.4) is 0 Å². The number of nitrogens with one attached hydrogen (secondary N) is 1. The number of hydrogen-bond acceptors (Lipinski definition) is 3. The molecule has 0 aromatic heterocycles. The molecule has 2 N–H and O–H groups in total. The summed E-state index contributed by atoms with van der Waals surface area (Å²) < 4.78 is 24.4. The third kappa shape index (κ3) is 4.70. The van der Waals surface area contributed by atoms with Gasteiger partial charge in [0.15, 0.2) is 0 Å². The Hall–Kier alpha value is -1.56. The molecule has 0 saturated heterocycles. The van der Waals surface area contributed by atoms with Crippen molar-refractivity contribution in [1.29, 1.82) is 0 Å². The van der Waals surface area contributed by atoms with Crippen LogP contribution in [0.5, 0.6) is 0 Å². The lowest BCUT2D eigenvalue weighted by atomic mass is 10.0. The van der Waals surface area contributed by atoms with Crippen molar-refractivity contribution < 1.29 is 13.7 Å². The van der Waals surface area contributed by atoms with Crippen LogP contribution in [0.1, 0.15) is 37.1 Å². The first-order valence-corrected chi connectivity index (χ1v) is 9.07. The third-order valence-electron chi connectivity index (χ3n) is 3.91. The molecule has 0 bridgehead atoms. The predicted molar refractivity (Wildman–Crippen MR) is 91.1 cm³/mol.